The SMILES string of the molecule is CCc1nc(NN)c(C)c(NC2CCCOC2)n1. The number of hydrazine groups is 1. The molecule has 0 radical (unpaired) electrons. The van der Waals surface area contributed by atoms with E-state index in [0.29, 0.717) is 11.9 Å². The van der Waals surface area contributed by atoms with Crippen LogP contribution in [0.5, 0.6) is 0 Å². The van der Waals surface area contributed by atoms with Crippen molar-refractivity contribution in [3.8, 4) is 0 Å². The third-order valence-corrected chi connectivity index (χ3v) is 3.15. The summed E-state index contributed by atoms with van der Waals surface area (Å²) in [5, 5.41) is 3.43. The van der Waals surface area contributed by atoms with Gasteiger partial charge in [-0.25, -0.2) is 15.8 Å². The van der Waals surface area contributed by atoms with Crippen molar-refractivity contribution in [2.24, 2.45) is 5.84 Å². The summed E-state index contributed by atoms with van der Waals surface area (Å²) in [6.07, 6.45) is 2.98. The van der Waals surface area contributed by atoms with Gasteiger partial charge in [-0.15, -0.1) is 0 Å². The quantitative estimate of drug-likeness (QED) is 0.551. The predicted molar refractivity (Wildman–Crippen MR) is 71.4 cm³/mol. The summed E-state index contributed by atoms with van der Waals surface area (Å²) in [5.41, 5.74) is 3.57. The Labute approximate surface area is 107 Å². The number of anilines is 2. The van der Waals surface area contributed by atoms with Gasteiger partial charge in [-0.05, 0) is 19.8 Å². The van der Waals surface area contributed by atoms with Crippen molar-refractivity contribution in [2.45, 2.75) is 39.2 Å². The van der Waals surface area contributed by atoms with Gasteiger partial charge in [-0.3, -0.25) is 0 Å². The topological polar surface area (TPSA) is 85.1 Å². The second kappa shape index (κ2) is 5.97. The molecule has 1 atom stereocenters. The molecule has 2 heterocycles. The first kappa shape index (κ1) is 13.0. The number of nitrogen functional groups attached to an aromatic ring is 1. The van der Waals surface area contributed by atoms with Crippen LogP contribution >= 0.6 is 0 Å². The first-order valence-electron chi connectivity index (χ1n) is 6.43. The van der Waals surface area contributed by atoms with Gasteiger partial charge in [-0.1, -0.05) is 6.92 Å². The van der Waals surface area contributed by atoms with E-state index in [9.17, 15) is 0 Å². The lowest BCUT2D eigenvalue weighted by Crippen LogP contribution is -2.31. The van der Waals surface area contributed by atoms with Crippen molar-refractivity contribution in [3.05, 3.63) is 11.4 Å². The standard InChI is InChI=1S/C12H21N5O/c1-3-10-15-11(8(2)12(16-10)17-13)14-9-5-4-6-18-7-9/h9H,3-7,13H2,1-2H3,(H2,14,15,16,17). The lowest BCUT2D eigenvalue weighted by atomic mass is 10.1. The van der Waals surface area contributed by atoms with Crippen molar-refractivity contribution in [1.29, 1.82) is 0 Å². The molecule has 0 spiro atoms. The number of hydrogen-bond donors (Lipinski definition) is 3. The van der Waals surface area contributed by atoms with Crippen LogP contribution in [0.25, 0.3) is 0 Å². The van der Waals surface area contributed by atoms with Gasteiger partial charge in [0.05, 0.1) is 12.6 Å². The Morgan fingerprint density at radius 3 is 2.78 bits per heavy atom. The van der Waals surface area contributed by atoms with Crippen LogP contribution in [-0.2, 0) is 11.2 Å². The molecule has 1 aromatic rings. The minimum absolute atomic E-state index is 0.322. The molecule has 0 bridgehead atoms. The first-order valence-corrected chi connectivity index (χ1v) is 6.43. The number of nitrogens with one attached hydrogen (secondary N) is 2. The molecule has 1 aliphatic heterocycles. The minimum atomic E-state index is 0.322. The third kappa shape index (κ3) is 2.88. The zero-order valence-corrected chi connectivity index (χ0v) is 11.0. The van der Waals surface area contributed by atoms with Gasteiger partial charge < -0.3 is 15.5 Å². The number of ether oxygens (including phenoxy) is 1. The Bertz CT molecular complexity index is 404. The number of rotatable bonds is 4. The Kier molecular flexibility index (Phi) is 4.33. The molecule has 1 unspecified atom stereocenters. The molecule has 4 N–H and O–H groups in total. The number of nitrogens with zero attached hydrogens (tertiary/aromatic N) is 2. The van der Waals surface area contributed by atoms with Crippen LogP contribution in [0.2, 0.25) is 0 Å². The van der Waals surface area contributed by atoms with Crippen molar-refractivity contribution in [3.63, 3.8) is 0 Å². The van der Waals surface area contributed by atoms with Gasteiger partial charge in [0.2, 0.25) is 0 Å². The average molecular weight is 251 g/mol. The molecule has 6 nitrogen and oxygen atoms in total. The van der Waals surface area contributed by atoms with Crippen molar-refractivity contribution >= 4 is 11.6 Å². The van der Waals surface area contributed by atoms with E-state index in [4.69, 9.17) is 10.6 Å². The van der Waals surface area contributed by atoms with E-state index in [0.717, 1.165) is 49.7 Å². The molecule has 0 saturated carbocycles. The summed E-state index contributed by atoms with van der Waals surface area (Å²) >= 11 is 0. The van der Waals surface area contributed by atoms with Crippen molar-refractivity contribution < 1.29 is 4.74 Å². The van der Waals surface area contributed by atoms with E-state index in [-0.39, 0.29) is 0 Å². The van der Waals surface area contributed by atoms with E-state index >= 15 is 0 Å². The van der Waals surface area contributed by atoms with E-state index in [1.807, 2.05) is 13.8 Å². The number of aryl methyl sites for hydroxylation is 1. The van der Waals surface area contributed by atoms with Crippen LogP contribution in [0.1, 0.15) is 31.2 Å². The van der Waals surface area contributed by atoms with E-state index < -0.39 is 0 Å². The normalized spacial score (nSPS) is 19.6. The first-order chi connectivity index (χ1) is 8.74. The van der Waals surface area contributed by atoms with Crippen molar-refractivity contribution in [2.75, 3.05) is 24.0 Å². The highest BCUT2D eigenvalue weighted by Gasteiger charge is 2.17. The molecular weight excluding hydrogens is 230 g/mol. The van der Waals surface area contributed by atoms with E-state index in [1.165, 1.54) is 0 Å². The average Bonchev–Trinajstić information content (AvgIpc) is 2.42. The summed E-state index contributed by atoms with van der Waals surface area (Å²) < 4.78 is 5.46. The van der Waals surface area contributed by atoms with Gasteiger partial charge >= 0.3 is 0 Å². The Balaban J connectivity index is 2.19. The summed E-state index contributed by atoms with van der Waals surface area (Å²) in [7, 11) is 0. The fourth-order valence-electron chi connectivity index (χ4n) is 2.05. The van der Waals surface area contributed by atoms with Gasteiger partial charge in [0, 0.05) is 18.6 Å². The zero-order valence-electron chi connectivity index (χ0n) is 11.0. The van der Waals surface area contributed by atoms with Crippen LogP contribution < -0.4 is 16.6 Å². The van der Waals surface area contributed by atoms with Crippen LogP contribution in [0.3, 0.4) is 0 Å². The molecule has 100 valence electrons. The number of aromatic nitrogens is 2. The lowest BCUT2D eigenvalue weighted by Gasteiger charge is -2.25. The highest BCUT2D eigenvalue weighted by molar-refractivity contribution is 5.57. The molecule has 0 amide bonds. The Morgan fingerprint density at radius 2 is 2.17 bits per heavy atom. The molecule has 18 heavy (non-hydrogen) atoms. The maximum Gasteiger partial charge on any atom is 0.148 e. The van der Waals surface area contributed by atoms with E-state index in [2.05, 4.69) is 20.7 Å². The second-order valence-corrected chi connectivity index (χ2v) is 4.52. The van der Waals surface area contributed by atoms with Crippen molar-refractivity contribution in [1.82, 2.24) is 9.97 Å². The fourth-order valence-corrected chi connectivity index (χ4v) is 2.05. The maximum atomic E-state index is 5.48. The largest absolute Gasteiger partial charge is 0.379 e. The van der Waals surface area contributed by atoms with Crippen LogP contribution in [0, 0.1) is 6.92 Å². The van der Waals surface area contributed by atoms with Gasteiger partial charge in [0.25, 0.3) is 0 Å². The number of hydrogen-bond acceptors (Lipinski definition) is 6. The zero-order chi connectivity index (χ0) is 13.0. The molecule has 1 fully saturated rings. The van der Waals surface area contributed by atoms with Crippen LogP contribution in [0.15, 0.2) is 0 Å². The highest BCUT2D eigenvalue weighted by atomic mass is 16.5. The summed E-state index contributed by atoms with van der Waals surface area (Å²) in [6.45, 7) is 5.58. The molecule has 6 heteroatoms. The van der Waals surface area contributed by atoms with Crippen LogP contribution in [0.4, 0.5) is 11.6 Å². The molecule has 2 rings (SSSR count). The van der Waals surface area contributed by atoms with Gasteiger partial charge in [0.1, 0.15) is 17.5 Å². The van der Waals surface area contributed by atoms with Gasteiger partial charge in [0.15, 0.2) is 0 Å². The summed E-state index contributed by atoms with van der Waals surface area (Å²) in [5.74, 6) is 7.80. The molecule has 1 aliphatic rings. The molecular formula is C12H21N5O. The number of nitrogens with two attached hydrogens (primary N) is 1. The Morgan fingerprint density at radius 1 is 1.39 bits per heavy atom. The minimum Gasteiger partial charge on any atom is -0.379 e. The lowest BCUT2D eigenvalue weighted by molar-refractivity contribution is 0.0875. The van der Waals surface area contributed by atoms with Crippen LogP contribution in [-0.4, -0.2) is 29.2 Å². The summed E-state index contributed by atoms with van der Waals surface area (Å²) in [4.78, 5) is 8.86. The fraction of sp³-hybridized carbons (Fsp3) is 0.667. The molecule has 1 aromatic heterocycles. The molecule has 0 aliphatic carbocycles. The Hall–Kier alpha value is -1.40. The smallest absolute Gasteiger partial charge is 0.148 e. The van der Waals surface area contributed by atoms with Gasteiger partial charge in [-0.2, -0.15) is 0 Å². The third-order valence-electron chi connectivity index (χ3n) is 3.15. The molecule has 0 aromatic carbocycles. The van der Waals surface area contributed by atoms with E-state index in [1.54, 1.807) is 0 Å². The maximum absolute atomic E-state index is 5.48. The monoisotopic (exact) mass is 251 g/mol. The summed E-state index contributed by atoms with van der Waals surface area (Å²) in [6, 6.07) is 0.322. The second-order valence-electron chi connectivity index (χ2n) is 4.52. The highest BCUT2D eigenvalue weighted by Crippen LogP contribution is 2.21. The molecule has 1 saturated heterocycles. The predicted octanol–water partition coefficient (Wildman–Crippen LogP) is 1.22.